The number of carboxylic acids is 1. The van der Waals surface area contributed by atoms with E-state index in [4.69, 9.17) is 10.8 Å². The SMILES string of the molecule is CC(C)[C@@H](N)C(=O)Nc1cc(F)c(F)cc1C(=O)O. The van der Waals surface area contributed by atoms with Crippen LogP contribution in [0.2, 0.25) is 0 Å². The number of aromatic carboxylic acids is 1. The molecule has 1 atom stereocenters. The van der Waals surface area contributed by atoms with Gasteiger partial charge in [-0.2, -0.15) is 0 Å². The molecule has 0 aliphatic rings. The Hall–Kier alpha value is -2.02. The Balaban J connectivity index is 3.10. The fourth-order valence-corrected chi connectivity index (χ4v) is 1.35. The zero-order chi connectivity index (χ0) is 14.7. The van der Waals surface area contributed by atoms with Crippen molar-refractivity contribution in [2.45, 2.75) is 19.9 Å². The number of carboxylic acid groups (broad SMARTS) is 1. The lowest BCUT2D eigenvalue weighted by molar-refractivity contribution is -0.118. The summed E-state index contributed by atoms with van der Waals surface area (Å²) in [4.78, 5) is 22.6. The maximum absolute atomic E-state index is 13.1. The van der Waals surface area contributed by atoms with E-state index >= 15 is 0 Å². The fourth-order valence-electron chi connectivity index (χ4n) is 1.35. The summed E-state index contributed by atoms with van der Waals surface area (Å²) in [6.07, 6.45) is 0. The number of benzene rings is 1. The first-order chi connectivity index (χ1) is 8.73. The van der Waals surface area contributed by atoms with Gasteiger partial charge in [-0.05, 0) is 12.0 Å². The van der Waals surface area contributed by atoms with Crippen molar-refractivity contribution in [2.75, 3.05) is 5.32 Å². The van der Waals surface area contributed by atoms with E-state index in [0.717, 1.165) is 0 Å². The van der Waals surface area contributed by atoms with Gasteiger partial charge in [-0.3, -0.25) is 4.79 Å². The molecule has 0 aromatic heterocycles. The van der Waals surface area contributed by atoms with Crippen molar-refractivity contribution in [2.24, 2.45) is 11.7 Å². The number of anilines is 1. The maximum atomic E-state index is 13.1. The first kappa shape index (κ1) is 15.0. The summed E-state index contributed by atoms with van der Waals surface area (Å²) < 4.78 is 26.1. The van der Waals surface area contributed by atoms with Gasteiger partial charge in [0.1, 0.15) is 0 Å². The van der Waals surface area contributed by atoms with E-state index in [9.17, 15) is 18.4 Å². The Labute approximate surface area is 108 Å². The van der Waals surface area contributed by atoms with Crippen LogP contribution in [0.4, 0.5) is 14.5 Å². The van der Waals surface area contributed by atoms with Gasteiger partial charge >= 0.3 is 5.97 Å². The molecule has 0 saturated heterocycles. The van der Waals surface area contributed by atoms with Gasteiger partial charge in [0.15, 0.2) is 11.6 Å². The molecule has 1 rings (SSSR count). The third kappa shape index (κ3) is 3.47. The van der Waals surface area contributed by atoms with Gasteiger partial charge in [0.05, 0.1) is 17.3 Å². The predicted octanol–water partition coefficient (Wildman–Crippen LogP) is 1.58. The highest BCUT2D eigenvalue weighted by molar-refractivity contribution is 6.02. The number of nitrogens with two attached hydrogens (primary N) is 1. The zero-order valence-electron chi connectivity index (χ0n) is 10.4. The Bertz CT molecular complexity index is 518. The van der Waals surface area contributed by atoms with Crippen molar-refractivity contribution >= 4 is 17.6 Å². The van der Waals surface area contributed by atoms with E-state index in [2.05, 4.69) is 5.32 Å². The highest BCUT2D eigenvalue weighted by Crippen LogP contribution is 2.20. The van der Waals surface area contributed by atoms with Crippen LogP contribution in [-0.2, 0) is 4.79 Å². The summed E-state index contributed by atoms with van der Waals surface area (Å²) in [6, 6.07) is 0.243. The summed E-state index contributed by atoms with van der Waals surface area (Å²) >= 11 is 0. The highest BCUT2D eigenvalue weighted by atomic mass is 19.2. The molecular formula is C12H14F2N2O3. The summed E-state index contributed by atoms with van der Waals surface area (Å²) in [5.74, 6) is -4.88. The van der Waals surface area contributed by atoms with Crippen LogP contribution >= 0.6 is 0 Å². The number of carbonyl (C=O) groups excluding carboxylic acids is 1. The normalized spacial score (nSPS) is 12.3. The van der Waals surface area contributed by atoms with Crippen LogP contribution in [0, 0.1) is 17.6 Å². The molecule has 104 valence electrons. The lowest BCUT2D eigenvalue weighted by Gasteiger charge is -2.16. The molecule has 0 spiro atoms. The number of amides is 1. The van der Waals surface area contributed by atoms with Crippen LogP contribution < -0.4 is 11.1 Å². The van der Waals surface area contributed by atoms with Crippen LogP contribution in [0.3, 0.4) is 0 Å². The maximum Gasteiger partial charge on any atom is 0.337 e. The minimum Gasteiger partial charge on any atom is -0.478 e. The largest absolute Gasteiger partial charge is 0.478 e. The molecule has 1 aromatic carbocycles. The summed E-state index contributed by atoms with van der Waals surface area (Å²) in [5, 5.41) is 11.1. The van der Waals surface area contributed by atoms with Crippen LogP contribution in [0.1, 0.15) is 24.2 Å². The van der Waals surface area contributed by atoms with Crippen molar-refractivity contribution in [1.29, 1.82) is 0 Å². The molecule has 0 radical (unpaired) electrons. The lowest BCUT2D eigenvalue weighted by atomic mass is 10.0. The van der Waals surface area contributed by atoms with Crippen molar-refractivity contribution in [1.82, 2.24) is 0 Å². The molecule has 0 aliphatic heterocycles. The quantitative estimate of drug-likeness (QED) is 0.776. The lowest BCUT2D eigenvalue weighted by Crippen LogP contribution is -2.40. The topological polar surface area (TPSA) is 92.4 Å². The molecule has 0 unspecified atom stereocenters. The van der Waals surface area contributed by atoms with E-state index in [0.29, 0.717) is 12.1 Å². The van der Waals surface area contributed by atoms with Gasteiger partial charge in [0.25, 0.3) is 0 Å². The molecule has 19 heavy (non-hydrogen) atoms. The standard InChI is InChI=1S/C12H14F2N2O3/c1-5(2)10(15)11(17)16-9-4-8(14)7(13)3-6(9)12(18)19/h3-5,10H,15H2,1-2H3,(H,16,17)(H,18,19)/t10-/m1/s1. The minimum atomic E-state index is -1.48. The second-order valence-corrected chi connectivity index (χ2v) is 4.38. The van der Waals surface area contributed by atoms with Gasteiger partial charge in [-0.25, -0.2) is 13.6 Å². The molecule has 1 aromatic rings. The molecule has 5 nitrogen and oxygen atoms in total. The Kier molecular flexibility index (Phi) is 4.55. The Morgan fingerprint density at radius 2 is 1.79 bits per heavy atom. The van der Waals surface area contributed by atoms with Crippen LogP contribution in [0.15, 0.2) is 12.1 Å². The average molecular weight is 272 g/mol. The van der Waals surface area contributed by atoms with E-state index in [1.165, 1.54) is 0 Å². The van der Waals surface area contributed by atoms with Crippen molar-refractivity contribution < 1.29 is 23.5 Å². The van der Waals surface area contributed by atoms with Crippen molar-refractivity contribution in [3.05, 3.63) is 29.3 Å². The molecule has 4 N–H and O–H groups in total. The highest BCUT2D eigenvalue weighted by Gasteiger charge is 2.21. The molecule has 0 saturated carbocycles. The molecule has 0 aliphatic carbocycles. The summed E-state index contributed by atoms with van der Waals surface area (Å²) in [7, 11) is 0. The first-order valence-electron chi connectivity index (χ1n) is 5.52. The van der Waals surface area contributed by atoms with E-state index in [1.54, 1.807) is 13.8 Å². The Morgan fingerprint density at radius 1 is 1.26 bits per heavy atom. The van der Waals surface area contributed by atoms with Gasteiger partial charge in [0.2, 0.25) is 5.91 Å². The second-order valence-electron chi connectivity index (χ2n) is 4.38. The Morgan fingerprint density at radius 3 is 2.26 bits per heavy atom. The van der Waals surface area contributed by atoms with E-state index in [1.807, 2.05) is 0 Å². The zero-order valence-corrected chi connectivity index (χ0v) is 10.4. The summed E-state index contributed by atoms with van der Waals surface area (Å²) in [5.41, 5.74) is 4.71. The van der Waals surface area contributed by atoms with Gasteiger partial charge < -0.3 is 16.2 Å². The molecule has 0 bridgehead atoms. The van der Waals surface area contributed by atoms with E-state index in [-0.39, 0.29) is 11.6 Å². The fraction of sp³-hybridized carbons (Fsp3) is 0.333. The average Bonchev–Trinajstić information content (AvgIpc) is 2.31. The van der Waals surface area contributed by atoms with E-state index < -0.39 is 35.1 Å². The summed E-state index contributed by atoms with van der Waals surface area (Å²) in [6.45, 7) is 3.40. The number of hydrogen-bond donors (Lipinski definition) is 3. The third-order valence-corrected chi connectivity index (χ3v) is 2.57. The first-order valence-corrected chi connectivity index (χ1v) is 5.52. The van der Waals surface area contributed by atoms with Crippen molar-refractivity contribution in [3.8, 4) is 0 Å². The number of hydrogen-bond acceptors (Lipinski definition) is 3. The molecular weight excluding hydrogens is 258 g/mol. The number of nitrogens with one attached hydrogen (secondary N) is 1. The molecule has 1 amide bonds. The molecule has 0 fully saturated rings. The predicted molar refractivity (Wildman–Crippen MR) is 64.8 cm³/mol. The number of carbonyl (C=O) groups is 2. The van der Waals surface area contributed by atoms with Crippen LogP contribution in [0.25, 0.3) is 0 Å². The van der Waals surface area contributed by atoms with Gasteiger partial charge in [0, 0.05) is 6.07 Å². The number of halogens is 2. The molecule has 7 heteroatoms. The van der Waals surface area contributed by atoms with Gasteiger partial charge in [-0.1, -0.05) is 13.8 Å². The third-order valence-electron chi connectivity index (χ3n) is 2.57. The smallest absolute Gasteiger partial charge is 0.337 e. The van der Waals surface area contributed by atoms with Crippen LogP contribution in [-0.4, -0.2) is 23.0 Å². The van der Waals surface area contributed by atoms with Gasteiger partial charge in [-0.15, -0.1) is 0 Å². The molecule has 0 heterocycles. The second kappa shape index (κ2) is 5.75. The minimum absolute atomic E-state index is 0.182. The number of rotatable bonds is 4. The van der Waals surface area contributed by atoms with Crippen molar-refractivity contribution in [3.63, 3.8) is 0 Å². The van der Waals surface area contributed by atoms with Crippen LogP contribution in [0.5, 0.6) is 0 Å². The monoisotopic (exact) mass is 272 g/mol.